The van der Waals surface area contributed by atoms with Crippen LogP contribution < -0.4 is 5.32 Å². The van der Waals surface area contributed by atoms with Gasteiger partial charge >= 0.3 is 0 Å². The van der Waals surface area contributed by atoms with Crippen molar-refractivity contribution in [3.05, 3.63) is 53.1 Å². The van der Waals surface area contributed by atoms with E-state index in [2.05, 4.69) is 5.32 Å². The van der Waals surface area contributed by atoms with E-state index < -0.39 is 10.0 Å². The number of amides is 1. The number of anilines is 1. The van der Waals surface area contributed by atoms with Crippen LogP contribution in [0.25, 0.3) is 0 Å². The summed E-state index contributed by atoms with van der Waals surface area (Å²) in [5.74, 6) is -0.390. The molecule has 0 radical (unpaired) electrons. The highest BCUT2D eigenvalue weighted by Gasteiger charge is 2.25. The molecule has 0 aromatic heterocycles. The Morgan fingerprint density at radius 3 is 2.42 bits per heavy atom. The maximum absolute atomic E-state index is 12.8. The number of benzene rings is 2. The highest BCUT2D eigenvalue weighted by molar-refractivity contribution is 7.98. The Morgan fingerprint density at radius 2 is 1.81 bits per heavy atom. The van der Waals surface area contributed by atoms with Gasteiger partial charge in [-0.15, -0.1) is 11.8 Å². The number of hydrogen-bond acceptors (Lipinski definition) is 4. The molecule has 2 aromatic rings. The molecule has 5 nitrogen and oxygen atoms in total. The molecule has 2 rings (SSSR count). The van der Waals surface area contributed by atoms with Gasteiger partial charge in [0.25, 0.3) is 5.91 Å². The second kappa shape index (κ2) is 8.90. The van der Waals surface area contributed by atoms with Gasteiger partial charge in [0.1, 0.15) is 4.90 Å². The van der Waals surface area contributed by atoms with Gasteiger partial charge in [-0.1, -0.05) is 37.6 Å². The van der Waals surface area contributed by atoms with Gasteiger partial charge in [-0.2, -0.15) is 4.31 Å². The average Bonchev–Trinajstić information content (AvgIpc) is 2.63. The molecule has 0 bridgehead atoms. The van der Waals surface area contributed by atoms with Gasteiger partial charge in [-0.05, 0) is 36.6 Å². The van der Waals surface area contributed by atoms with Gasteiger partial charge in [0.15, 0.2) is 0 Å². The number of carbonyl (C=O) groups excluding carboxylic acids is 1. The van der Waals surface area contributed by atoms with E-state index in [0.717, 1.165) is 4.90 Å². The third-order valence-electron chi connectivity index (χ3n) is 3.87. The van der Waals surface area contributed by atoms with Gasteiger partial charge in [-0.3, -0.25) is 4.79 Å². The van der Waals surface area contributed by atoms with Crippen LogP contribution in [0.15, 0.2) is 52.3 Å². The van der Waals surface area contributed by atoms with Crippen LogP contribution in [0.5, 0.6) is 0 Å². The summed E-state index contributed by atoms with van der Waals surface area (Å²) in [6.45, 7) is 4.16. The van der Waals surface area contributed by atoms with Gasteiger partial charge in [0.05, 0.1) is 10.7 Å². The normalized spacial score (nSPS) is 11.6. The topological polar surface area (TPSA) is 66.5 Å². The minimum Gasteiger partial charge on any atom is -0.321 e. The maximum atomic E-state index is 12.8. The lowest BCUT2D eigenvalue weighted by Gasteiger charge is -2.19. The van der Waals surface area contributed by atoms with E-state index in [1.807, 2.05) is 24.5 Å². The molecular weight excluding hydrogens is 392 g/mol. The summed E-state index contributed by atoms with van der Waals surface area (Å²) >= 11 is 7.62. The van der Waals surface area contributed by atoms with Crippen molar-refractivity contribution in [2.24, 2.45) is 0 Å². The molecule has 0 saturated carbocycles. The van der Waals surface area contributed by atoms with Crippen molar-refractivity contribution in [3.8, 4) is 0 Å². The van der Waals surface area contributed by atoms with Crippen molar-refractivity contribution in [3.63, 3.8) is 0 Å². The van der Waals surface area contributed by atoms with Crippen molar-refractivity contribution in [2.45, 2.75) is 23.6 Å². The Hall–Kier alpha value is -1.54. The molecule has 0 aliphatic rings. The number of nitrogens with one attached hydrogen (secondary N) is 1. The Labute approximate surface area is 163 Å². The number of carbonyl (C=O) groups is 1. The minimum absolute atomic E-state index is 0.0614. The van der Waals surface area contributed by atoms with Crippen molar-refractivity contribution < 1.29 is 13.2 Å². The number of halogens is 1. The summed E-state index contributed by atoms with van der Waals surface area (Å²) in [6, 6.07) is 11.7. The first-order valence-electron chi connectivity index (χ1n) is 8.09. The third kappa shape index (κ3) is 4.40. The molecule has 0 fully saturated rings. The van der Waals surface area contributed by atoms with E-state index in [9.17, 15) is 13.2 Å². The highest BCUT2D eigenvalue weighted by atomic mass is 35.5. The second-order valence-corrected chi connectivity index (χ2v) is 8.55. The maximum Gasteiger partial charge on any atom is 0.255 e. The number of thioether (sulfide) groups is 1. The Morgan fingerprint density at radius 1 is 1.15 bits per heavy atom. The van der Waals surface area contributed by atoms with Crippen LogP contribution in [0, 0.1) is 0 Å². The Bertz CT molecular complexity index is 897. The molecule has 0 aliphatic carbocycles. The summed E-state index contributed by atoms with van der Waals surface area (Å²) in [7, 11) is -3.76. The van der Waals surface area contributed by atoms with Crippen molar-refractivity contribution in [1.82, 2.24) is 4.31 Å². The fourth-order valence-corrected chi connectivity index (χ4v) is 5.00. The van der Waals surface area contributed by atoms with E-state index in [-0.39, 0.29) is 21.4 Å². The largest absolute Gasteiger partial charge is 0.321 e. The van der Waals surface area contributed by atoms with Crippen molar-refractivity contribution >= 4 is 45.0 Å². The predicted octanol–water partition coefficient (Wildman–Crippen LogP) is 4.34. The summed E-state index contributed by atoms with van der Waals surface area (Å²) in [5.41, 5.74) is 0.907. The quantitative estimate of drug-likeness (QED) is 0.686. The van der Waals surface area contributed by atoms with Crippen LogP contribution in [-0.2, 0) is 10.0 Å². The lowest BCUT2D eigenvalue weighted by atomic mass is 10.2. The number of nitrogens with zero attached hydrogens (tertiary/aromatic N) is 1. The van der Waals surface area contributed by atoms with Crippen molar-refractivity contribution in [2.75, 3.05) is 24.7 Å². The van der Waals surface area contributed by atoms with E-state index in [1.54, 1.807) is 19.9 Å². The molecule has 0 aliphatic heterocycles. The number of para-hydroxylation sites is 1. The molecule has 0 saturated heterocycles. The van der Waals surface area contributed by atoms with Crippen molar-refractivity contribution in [1.29, 1.82) is 0 Å². The predicted molar refractivity (Wildman–Crippen MR) is 108 cm³/mol. The van der Waals surface area contributed by atoms with Crippen LogP contribution in [0.1, 0.15) is 24.2 Å². The summed E-state index contributed by atoms with van der Waals surface area (Å²) in [5, 5.41) is 2.92. The minimum atomic E-state index is -3.76. The fraction of sp³-hybridized carbons (Fsp3) is 0.278. The molecule has 1 N–H and O–H groups in total. The smallest absolute Gasteiger partial charge is 0.255 e. The molecule has 0 unspecified atom stereocenters. The summed E-state index contributed by atoms with van der Waals surface area (Å²) in [6.07, 6.45) is 1.92. The molecule has 0 atom stereocenters. The number of sulfonamides is 1. The summed E-state index contributed by atoms with van der Waals surface area (Å²) in [4.78, 5) is 13.5. The third-order valence-corrected chi connectivity index (χ3v) is 7.20. The molecule has 0 spiro atoms. The van der Waals surface area contributed by atoms with E-state index in [1.165, 1.54) is 34.3 Å². The highest BCUT2D eigenvalue weighted by Crippen LogP contribution is 2.28. The van der Waals surface area contributed by atoms with Crippen LogP contribution in [0.3, 0.4) is 0 Å². The van der Waals surface area contributed by atoms with Crippen LogP contribution in [-0.4, -0.2) is 38.0 Å². The zero-order chi connectivity index (χ0) is 19.3. The van der Waals surface area contributed by atoms with Gasteiger partial charge < -0.3 is 5.32 Å². The standard InChI is InChI=1S/C18H21ClN2O3S2/c1-4-21(5-2)26(23,24)17-12-13(10-11-14(17)19)18(22)20-15-8-6-7-9-16(15)25-3/h6-12H,4-5H2,1-3H3,(H,20,22). The fourth-order valence-electron chi connectivity index (χ4n) is 2.49. The second-order valence-electron chi connectivity index (χ2n) is 5.39. The van der Waals surface area contributed by atoms with Gasteiger partial charge in [0, 0.05) is 23.5 Å². The Kier molecular flexibility index (Phi) is 7.11. The lowest BCUT2D eigenvalue weighted by Crippen LogP contribution is -2.31. The molecule has 1 amide bonds. The summed E-state index contributed by atoms with van der Waals surface area (Å²) < 4.78 is 26.8. The molecule has 2 aromatic carbocycles. The van der Waals surface area contributed by atoms with E-state index in [0.29, 0.717) is 18.8 Å². The van der Waals surface area contributed by atoms with Crippen LogP contribution in [0.2, 0.25) is 5.02 Å². The first-order chi connectivity index (χ1) is 12.3. The molecular formula is C18H21ClN2O3S2. The van der Waals surface area contributed by atoms with E-state index >= 15 is 0 Å². The van der Waals surface area contributed by atoms with E-state index in [4.69, 9.17) is 11.6 Å². The molecule has 0 heterocycles. The zero-order valence-corrected chi connectivity index (χ0v) is 17.2. The number of rotatable bonds is 7. The first-order valence-corrected chi connectivity index (χ1v) is 11.1. The SMILES string of the molecule is CCN(CC)S(=O)(=O)c1cc(C(=O)Nc2ccccc2SC)ccc1Cl. The monoisotopic (exact) mass is 412 g/mol. The molecule has 26 heavy (non-hydrogen) atoms. The molecule has 140 valence electrons. The molecule has 8 heteroatoms. The zero-order valence-electron chi connectivity index (χ0n) is 14.8. The van der Waals surface area contributed by atoms with Crippen LogP contribution in [0.4, 0.5) is 5.69 Å². The first kappa shape index (κ1) is 20.8. The number of hydrogen-bond donors (Lipinski definition) is 1. The average molecular weight is 413 g/mol. The van der Waals surface area contributed by atoms with Crippen LogP contribution >= 0.6 is 23.4 Å². The Balaban J connectivity index is 2.39. The van der Waals surface area contributed by atoms with Gasteiger partial charge in [0.2, 0.25) is 10.0 Å². The van der Waals surface area contributed by atoms with Gasteiger partial charge in [-0.25, -0.2) is 8.42 Å². The lowest BCUT2D eigenvalue weighted by molar-refractivity contribution is 0.102.